The van der Waals surface area contributed by atoms with Gasteiger partial charge < -0.3 is 9.32 Å². The molecule has 0 aliphatic carbocycles. The van der Waals surface area contributed by atoms with Crippen LogP contribution in [-0.4, -0.2) is 0 Å². The maximum Gasteiger partial charge on any atom is 0.159 e. The van der Waals surface area contributed by atoms with E-state index in [1.165, 1.54) is 42.1 Å². The predicted octanol–water partition coefficient (Wildman–Crippen LogP) is 12.2. The monoisotopic (exact) mass is 567 g/mol. The molecule has 9 aromatic rings. The number of fused-ring (bicyclic) bond motifs is 7. The molecule has 0 aliphatic heterocycles. The van der Waals surface area contributed by atoms with Crippen LogP contribution in [0.15, 0.2) is 156 Å². The quantitative estimate of drug-likeness (QED) is 0.210. The van der Waals surface area contributed by atoms with Crippen LogP contribution in [-0.2, 0) is 0 Å². The first-order valence-electron chi connectivity index (χ1n) is 14.5. The van der Waals surface area contributed by atoms with Crippen molar-refractivity contribution in [1.82, 2.24) is 0 Å². The molecule has 3 heteroatoms. The number of rotatable bonds is 4. The van der Waals surface area contributed by atoms with E-state index >= 15 is 0 Å². The van der Waals surface area contributed by atoms with Crippen LogP contribution in [0.25, 0.3) is 64.0 Å². The Morgan fingerprint density at radius 1 is 0.419 bits per heavy atom. The van der Waals surface area contributed by atoms with Gasteiger partial charge in [0.2, 0.25) is 0 Å². The van der Waals surface area contributed by atoms with Crippen molar-refractivity contribution in [2.45, 2.75) is 0 Å². The minimum Gasteiger partial charge on any atom is -0.454 e. The van der Waals surface area contributed by atoms with Crippen LogP contribution in [0.3, 0.4) is 0 Å². The van der Waals surface area contributed by atoms with E-state index in [9.17, 15) is 0 Å². The third-order valence-corrected chi connectivity index (χ3v) is 9.61. The van der Waals surface area contributed by atoms with E-state index in [2.05, 4.69) is 150 Å². The lowest BCUT2D eigenvalue weighted by molar-refractivity contribution is 0.669. The van der Waals surface area contributed by atoms with Gasteiger partial charge in [0.25, 0.3) is 0 Å². The fraction of sp³-hybridized carbons (Fsp3) is 0. The normalized spacial score (nSPS) is 11.7. The van der Waals surface area contributed by atoms with Gasteiger partial charge in [0.15, 0.2) is 5.58 Å². The van der Waals surface area contributed by atoms with E-state index in [1.54, 1.807) is 0 Å². The molecule has 0 atom stereocenters. The van der Waals surface area contributed by atoms with Crippen LogP contribution < -0.4 is 4.90 Å². The first-order valence-corrected chi connectivity index (χ1v) is 15.3. The number of nitrogens with zero attached hydrogens (tertiary/aromatic N) is 1. The van der Waals surface area contributed by atoms with Crippen molar-refractivity contribution in [3.8, 4) is 11.1 Å². The van der Waals surface area contributed by atoms with Gasteiger partial charge in [-0.15, -0.1) is 11.3 Å². The highest BCUT2D eigenvalue weighted by Gasteiger charge is 2.24. The molecule has 9 rings (SSSR count). The number of hydrogen-bond acceptors (Lipinski definition) is 3. The van der Waals surface area contributed by atoms with Crippen molar-refractivity contribution >= 4 is 81.3 Å². The van der Waals surface area contributed by atoms with Crippen LogP contribution in [0, 0.1) is 0 Å². The lowest BCUT2D eigenvalue weighted by atomic mass is 9.96. The van der Waals surface area contributed by atoms with Crippen molar-refractivity contribution in [3.63, 3.8) is 0 Å². The molecule has 0 saturated carbocycles. The lowest BCUT2D eigenvalue weighted by Crippen LogP contribution is -2.11. The maximum absolute atomic E-state index is 6.65. The van der Waals surface area contributed by atoms with Gasteiger partial charge in [-0.1, -0.05) is 115 Å². The second kappa shape index (κ2) is 9.59. The van der Waals surface area contributed by atoms with Crippen molar-refractivity contribution < 1.29 is 4.42 Å². The van der Waals surface area contributed by atoms with Crippen LogP contribution in [0.1, 0.15) is 0 Å². The van der Waals surface area contributed by atoms with Crippen molar-refractivity contribution in [2.24, 2.45) is 0 Å². The van der Waals surface area contributed by atoms with Gasteiger partial charge in [-0.3, -0.25) is 0 Å². The Kier molecular flexibility index (Phi) is 5.40. The SMILES string of the molecule is c1ccc(-c2ccc(N(c3cccc4c3oc3ccccc34)c3cccc4sc5ccccc5c34)c3ccccc23)cc1. The standard InChI is InChI=1S/C40H25NOS/c1-2-12-26(13-3-1)27-24-25-33(29-15-5-4-14-28(27)29)41(34-19-11-23-38-39(34)32-17-7-9-22-37(32)43-38)35-20-10-18-31-30-16-6-8-21-36(30)42-40(31)35/h1-25H. The maximum atomic E-state index is 6.65. The zero-order chi connectivity index (χ0) is 28.3. The van der Waals surface area contributed by atoms with E-state index in [0.29, 0.717) is 0 Å². The third-order valence-electron chi connectivity index (χ3n) is 8.47. The van der Waals surface area contributed by atoms with E-state index < -0.39 is 0 Å². The van der Waals surface area contributed by atoms with E-state index in [-0.39, 0.29) is 0 Å². The molecule has 7 aromatic carbocycles. The van der Waals surface area contributed by atoms with Crippen molar-refractivity contribution in [1.29, 1.82) is 0 Å². The summed E-state index contributed by atoms with van der Waals surface area (Å²) in [6, 6.07) is 54.2. The summed E-state index contributed by atoms with van der Waals surface area (Å²) in [5.74, 6) is 0. The molecule has 0 radical (unpaired) electrons. The van der Waals surface area contributed by atoms with Gasteiger partial charge in [-0.05, 0) is 52.9 Å². The molecule has 0 spiro atoms. The number of benzene rings is 7. The van der Waals surface area contributed by atoms with Gasteiger partial charge >= 0.3 is 0 Å². The van der Waals surface area contributed by atoms with Crippen molar-refractivity contribution in [2.75, 3.05) is 4.90 Å². The molecule has 2 nitrogen and oxygen atoms in total. The zero-order valence-corrected chi connectivity index (χ0v) is 24.0. The van der Waals surface area contributed by atoms with E-state index in [4.69, 9.17) is 4.42 Å². The molecule has 202 valence electrons. The number of thiophene rings is 1. The number of hydrogen-bond donors (Lipinski definition) is 0. The molecule has 0 aliphatic rings. The summed E-state index contributed by atoms with van der Waals surface area (Å²) in [5, 5.41) is 7.18. The minimum atomic E-state index is 0.886. The molecule has 2 aromatic heterocycles. The predicted molar refractivity (Wildman–Crippen MR) is 184 cm³/mol. The van der Waals surface area contributed by atoms with E-state index in [0.717, 1.165) is 39.0 Å². The summed E-state index contributed by atoms with van der Waals surface area (Å²) in [6.07, 6.45) is 0. The average Bonchev–Trinajstić information content (AvgIpc) is 3.65. The Bertz CT molecular complexity index is 2470. The highest BCUT2D eigenvalue weighted by Crippen LogP contribution is 2.49. The Morgan fingerprint density at radius 2 is 1.07 bits per heavy atom. The molecule has 2 heterocycles. The summed E-state index contributed by atoms with van der Waals surface area (Å²) < 4.78 is 9.21. The molecule has 0 saturated heterocycles. The van der Waals surface area contributed by atoms with Gasteiger partial charge in [-0.2, -0.15) is 0 Å². The Labute approximate surface area is 252 Å². The zero-order valence-electron chi connectivity index (χ0n) is 23.2. The largest absolute Gasteiger partial charge is 0.454 e. The summed E-state index contributed by atoms with van der Waals surface area (Å²) in [7, 11) is 0. The number of anilines is 3. The second-order valence-corrected chi connectivity index (χ2v) is 12.0. The first-order chi connectivity index (χ1) is 21.3. The van der Waals surface area contributed by atoms with Crippen LogP contribution >= 0.6 is 11.3 Å². The molecule has 0 fully saturated rings. The third kappa shape index (κ3) is 3.72. The van der Waals surface area contributed by atoms with Crippen LogP contribution in [0.4, 0.5) is 17.1 Å². The van der Waals surface area contributed by atoms with Crippen LogP contribution in [0.2, 0.25) is 0 Å². The lowest BCUT2D eigenvalue weighted by Gasteiger charge is -2.28. The Morgan fingerprint density at radius 3 is 1.95 bits per heavy atom. The molecule has 0 bridgehead atoms. The highest BCUT2D eigenvalue weighted by atomic mass is 32.1. The molecular weight excluding hydrogens is 543 g/mol. The number of para-hydroxylation sites is 2. The fourth-order valence-corrected chi connectivity index (χ4v) is 7.71. The molecule has 0 N–H and O–H groups in total. The fourth-order valence-electron chi connectivity index (χ4n) is 6.59. The molecule has 0 amide bonds. The first kappa shape index (κ1) is 24.2. The summed E-state index contributed by atoms with van der Waals surface area (Å²) in [6.45, 7) is 0. The topological polar surface area (TPSA) is 16.4 Å². The van der Waals surface area contributed by atoms with Gasteiger partial charge in [0, 0.05) is 36.3 Å². The van der Waals surface area contributed by atoms with Gasteiger partial charge in [-0.25, -0.2) is 0 Å². The summed E-state index contributed by atoms with van der Waals surface area (Å²) >= 11 is 1.84. The Hall–Kier alpha value is -5.38. The smallest absolute Gasteiger partial charge is 0.159 e. The average molecular weight is 568 g/mol. The highest BCUT2D eigenvalue weighted by molar-refractivity contribution is 7.26. The Balaban J connectivity index is 1.41. The molecule has 43 heavy (non-hydrogen) atoms. The van der Waals surface area contributed by atoms with Gasteiger partial charge in [0.05, 0.1) is 17.1 Å². The summed E-state index contributed by atoms with van der Waals surface area (Å²) in [4.78, 5) is 2.42. The summed E-state index contributed by atoms with van der Waals surface area (Å²) in [5.41, 5.74) is 7.49. The van der Waals surface area contributed by atoms with Crippen molar-refractivity contribution in [3.05, 3.63) is 152 Å². The number of furan rings is 1. The van der Waals surface area contributed by atoms with E-state index in [1.807, 2.05) is 17.4 Å². The van der Waals surface area contributed by atoms with Crippen LogP contribution in [0.5, 0.6) is 0 Å². The molecular formula is C40H25NOS. The minimum absolute atomic E-state index is 0.886. The molecule has 0 unspecified atom stereocenters. The second-order valence-electron chi connectivity index (χ2n) is 10.9. The van der Waals surface area contributed by atoms with Gasteiger partial charge in [0.1, 0.15) is 5.58 Å².